The Morgan fingerprint density at radius 2 is 1.89 bits per heavy atom. The summed E-state index contributed by atoms with van der Waals surface area (Å²) in [5, 5.41) is 0. The lowest BCUT2D eigenvalue weighted by Gasteiger charge is -2.17. The maximum absolute atomic E-state index is 11.9. The molecule has 0 heterocycles. The predicted octanol–water partition coefficient (Wildman–Crippen LogP) is 3.10. The van der Waals surface area contributed by atoms with Gasteiger partial charge >= 0.3 is 0 Å². The first-order valence-corrected chi connectivity index (χ1v) is 8.64. The summed E-state index contributed by atoms with van der Waals surface area (Å²) >= 11 is 0. The summed E-state index contributed by atoms with van der Waals surface area (Å²) in [6, 6.07) is 7.56. The third-order valence-corrected chi connectivity index (χ3v) is 5.26. The standard InChI is InChI=1S/C15H25NO2S/c1-4-13(10-9-12(3)16)14-7-6-8-15(11-14)19(17,18)5-2/h6-8,11-13H,4-5,9-10,16H2,1-3H3. The third-order valence-electron chi connectivity index (χ3n) is 3.53. The first kappa shape index (κ1) is 16.2. The van der Waals surface area contributed by atoms with Gasteiger partial charge in [-0.2, -0.15) is 0 Å². The van der Waals surface area contributed by atoms with Crippen LogP contribution >= 0.6 is 0 Å². The van der Waals surface area contributed by atoms with E-state index in [2.05, 4.69) is 6.92 Å². The lowest BCUT2D eigenvalue weighted by Crippen LogP contribution is -2.16. The summed E-state index contributed by atoms with van der Waals surface area (Å²) in [5.74, 6) is 0.533. The van der Waals surface area contributed by atoms with Crippen LogP contribution in [0.3, 0.4) is 0 Å². The molecule has 2 atom stereocenters. The summed E-state index contributed by atoms with van der Waals surface area (Å²) in [5.41, 5.74) is 6.91. The van der Waals surface area contributed by atoms with Gasteiger partial charge in [-0.1, -0.05) is 26.0 Å². The SMILES string of the molecule is CCC(CCC(C)N)c1cccc(S(=O)(=O)CC)c1. The van der Waals surface area contributed by atoms with Crippen molar-refractivity contribution in [2.75, 3.05) is 5.75 Å². The van der Waals surface area contributed by atoms with Crippen LogP contribution in [0.1, 0.15) is 51.5 Å². The van der Waals surface area contributed by atoms with Crippen molar-refractivity contribution in [2.45, 2.75) is 56.9 Å². The second-order valence-corrected chi connectivity index (χ2v) is 7.41. The summed E-state index contributed by atoms with van der Waals surface area (Å²) in [4.78, 5) is 0.437. The minimum absolute atomic E-state index is 0.146. The van der Waals surface area contributed by atoms with Crippen molar-refractivity contribution >= 4 is 9.84 Å². The third kappa shape index (κ3) is 4.62. The zero-order chi connectivity index (χ0) is 14.5. The van der Waals surface area contributed by atoms with Gasteiger partial charge in [-0.15, -0.1) is 0 Å². The van der Waals surface area contributed by atoms with Gasteiger partial charge in [0.15, 0.2) is 9.84 Å². The second kappa shape index (κ2) is 7.06. The molecule has 0 saturated carbocycles. The molecule has 0 amide bonds. The molecule has 108 valence electrons. The van der Waals surface area contributed by atoms with Crippen LogP contribution in [0.4, 0.5) is 0 Å². The van der Waals surface area contributed by atoms with Crippen molar-refractivity contribution in [3.63, 3.8) is 0 Å². The largest absolute Gasteiger partial charge is 0.328 e. The van der Waals surface area contributed by atoms with Crippen LogP contribution in [0.15, 0.2) is 29.2 Å². The van der Waals surface area contributed by atoms with E-state index < -0.39 is 9.84 Å². The zero-order valence-corrected chi connectivity index (χ0v) is 12.9. The Morgan fingerprint density at radius 1 is 1.21 bits per heavy atom. The van der Waals surface area contributed by atoms with E-state index >= 15 is 0 Å². The van der Waals surface area contributed by atoms with Gasteiger partial charge in [-0.3, -0.25) is 0 Å². The van der Waals surface area contributed by atoms with Gasteiger partial charge in [0.05, 0.1) is 10.6 Å². The molecule has 0 aliphatic carbocycles. The molecule has 2 unspecified atom stereocenters. The molecule has 0 radical (unpaired) electrons. The molecule has 2 N–H and O–H groups in total. The van der Waals surface area contributed by atoms with Gasteiger partial charge < -0.3 is 5.73 Å². The number of benzene rings is 1. The highest BCUT2D eigenvalue weighted by molar-refractivity contribution is 7.91. The first-order valence-electron chi connectivity index (χ1n) is 6.99. The zero-order valence-electron chi connectivity index (χ0n) is 12.1. The quantitative estimate of drug-likeness (QED) is 0.836. The van der Waals surface area contributed by atoms with Crippen molar-refractivity contribution in [3.05, 3.63) is 29.8 Å². The Kier molecular flexibility index (Phi) is 6.01. The van der Waals surface area contributed by atoms with Gasteiger partial charge in [0.25, 0.3) is 0 Å². The maximum Gasteiger partial charge on any atom is 0.178 e. The number of hydrogen-bond acceptors (Lipinski definition) is 3. The van der Waals surface area contributed by atoms with Crippen molar-refractivity contribution in [3.8, 4) is 0 Å². The Hall–Kier alpha value is -0.870. The van der Waals surface area contributed by atoms with E-state index in [1.807, 2.05) is 25.1 Å². The monoisotopic (exact) mass is 283 g/mol. The summed E-state index contributed by atoms with van der Waals surface area (Å²) in [6.45, 7) is 5.81. The molecule has 0 spiro atoms. The number of sulfone groups is 1. The molecular weight excluding hydrogens is 258 g/mol. The van der Waals surface area contributed by atoms with Crippen LogP contribution in [0.5, 0.6) is 0 Å². The van der Waals surface area contributed by atoms with Gasteiger partial charge in [-0.05, 0) is 49.8 Å². The van der Waals surface area contributed by atoms with Crippen LogP contribution in [0.2, 0.25) is 0 Å². The van der Waals surface area contributed by atoms with Gasteiger partial charge in [0.2, 0.25) is 0 Å². The minimum Gasteiger partial charge on any atom is -0.328 e. The van der Waals surface area contributed by atoms with E-state index in [1.54, 1.807) is 13.0 Å². The van der Waals surface area contributed by atoms with Crippen molar-refractivity contribution in [1.82, 2.24) is 0 Å². The van der Waals surface area contributed by atoms with E-state index in [-0.39, 0.29) is 11.8 Å². The fourth-order valence-corrected chi connectivity index (χ4v) is 3.13. The highest BCUT2D eigenvalue weighted by Crippen LogP contribution is 2.27. The molecule has 19 heavy (non-hydrogen) atoms. The van der Waals surface area contributed by atoms with Crippen LogP contribution in [0, 0.1) is 0 Å². The highest BCUT2D eigenvalue weighted by atomic mass is 32.2. The topological polar surface area (TPSA) is 60.2 Å². The molecule has 0 aliphatic heterocycles. The average molecular weight is 283 g/mol. The fraction of sp³-hybridized carbons (Fsp3) is 0.600. The first-order chi connectivity index (χ1) is 8.90. The second-order valence-electron chi connectivity index (χ2n) is 5.14. The fourth-order valence-electron chi connectivity index (χ4n) is 2.20. The van der Waals surface area contributed by atoms with E-state index in [0.29, 0.717) is 10.8 Å². The van der Waals surface area contributed by atoms with E-state index in [1.165, 1.54) is 0 Å². The molecule has 1 aromatic carbocycles. The molecule has 0 fully saturated rings. The lowest BCUT2D eigenvalue weighted by molar-refractivity contribution is 0.531. The molecule has 1 aromatic rings. The number of nitrogens with two attached hydrogens (primary N) is 1. The average Bonchev–Trinajstić information content (AvgIpc) is 2.39. The molecule has 0 aliphatic rings. The van der Waals surface area contributed by atoms with E-state index in [9.17, 15) is 8.42 Å². The van der Waals surface area contributed by atoms with Crippen molar-refractivity contribution < 1.29 is 8.42 Å². The molecule has 0 saturated heterocycles. The molecule has 0 bridgehead atoms. The summed E-state index contributed by atoms with van der Waals surface area (Å²) in [6.07, 6.45) is 2.97. The van der Waals surface area contributed by atoms with Crippen LogP contribution in [-0.2, 0) is 9.84 Å². The molecule has 3 nitrogen and oxygen atoms in total. The molecule has 4 heteroatoms. The normalized spacial score (nSPS) is 15.2. The van der Waals surface area contributed by atoms with Gasteiger partial charge in [-0.25, -0.2) is 8.42 Å². The Balaban J connectivity index is 2.97. The predicted molar refractivity (Wildman–Crippen MR) is 80.1 cm³/mol. The number of hydrogen-bond donors (Lipinski definition) is 1. The Labute approximate surface area is 117 Å². The molecule has 1 rings (SSSR count). The van der Waals surface area contributed by atoms with E-state index in [4.69, 9.17) is 5.73 Å². The van der Waals surface area contributed by atoms with Crippen LogP contribution < -0.4 is 5.73 Å². The van der Waals surface area contributed by atoms with Crippen molar-refractivity contribution in [1.29, 1.82) is 0 Å². The summed E-state index contributed by atoms with van der Waals surface area (Å²) < 4.78 is 23.8. The molecule has 0 aromatic heterocycles. The Morgan fingerprint density at radius 3 is 2.42 bits per heavy atom. The molecular formula is C15H25NO2S. The minimum atomic E-state index is -3.12. The van der Waals surface area contributed by atoms with Gasteiger partial charge in [0, 0.05) is 6.04 Å². The van der Waals surface area contributed by atoms with Gasteiger partial charge in [0.1, 0.15) is 0 Å². The Bertz CT molecular complexity index is 495. The maximum atomic E-state index is 11.9. The van der Waals surface area contributed by atoms with Crippen LogP contribution in [-0.4, -0.2) is 20.2 Å². The lowest BCUT2D eigenvalue weighted by atomic mass is 9.91. The van der Waals surface area contributed by atoms with Crippen molar-refractivity contribution in [2.24, 2.45) is 5.73 Å². The smallest absolute Gasteiger partial charge is 0.178 e. The van der Waals surface area contributed by atoms with E-state index in [0.717, 1.165) is 24.8 Å². The summed E-state index contributed by atoms with van der Waals surface area (Å²) in [7, 11) is -3.12. The number of rotatable bonds is 7. The highest BCUT2D eigenvalue weighted by Gasteiger charge is 2.15. The van der Waals surface area contributed by atoms with Crippen LogP contribution in [0.25, 0.3) is 0 Å².